The van der Waals surface area contributed by atoms with E-state index in [2.05, 4.69) is 24.1 Å². The van der Waals surface area contributed by atoms with Crippen LogP contribution in [0.3, 0.4) is 0 Å². The largest absolute Gasteiger partial charge is 0.449 e. The van der Waals surface area contributed by atoms with Crippen molar-refractivity contribution in [2.45, 2.75) is 47.1 Å². The molecule has 0 fully saturated rings. The number of anilines is 1. The quantitative estimate of drug-likeness (QED) is 0.335. The molecule has 7 heteroatoms. The summed E-state index contributed by atoms with van der Waals surface area (Å²) in [4.78, 5) is 38.6. The fraction of sp³-hybridized carbons (Fsp3) is 0.370. The van der Waals surface area contributed by atoms with Crippen LogP contribution in [0.25, 0.3) is 11.0 Å². The summed E-state index contributed by atoms with van der Waals surface area (Å²) in [7, 11) is 0. The Labute approximate surface area is 199 Å². The smallest absolute Gasteiger partial charge is 0.407 e. The van der Waals surface area contributed by atoms with Gasteiger partial charge in [0.2, 0.25) is 0 Å². The maximum absolute atomic E-state index is 12.6. The molecule has 1 amide bonds. The number of benzene rings is 2. The molecule has 7 nitrogen and oxygen atoms in total. The number of carbonyl (C=O) groups is 2. The van der Waals surface area contributed by atoms with Crippen LogP contribution in [0.2, 0.25) is 0 Å². The molecule has 0 saturated carbocycles. The summed E-state index contributed by atoms with van der Waals surface area (Å²) >= 11 is 0. The van der Waals surface area contributed by atoms with E-state index in [0.717, 1.165) is 35.3 Å². The van der Waals surface area contributed by atoms with Crippen LogP contribution < -0.4 is 15.8 Å². The van der Waals surface area contributed by atoms with Gasteiger partial charge in [-0.15, -0.1) is 0 Å². The van der Waals surface area contributed by atoms with Crippen molar-refractivity contribution < 1.29 is 18.7 Å². The van der Waals surface area contributed by atoms with E-state index in [-0.39, 0.29) is 25.4 Å². The number of alkyl carbamates (subject to hydrolysis) is 1. The van der Waals surface area contributed by atoms with Crippen LogP contribution in [-0.4, -0.2) is 31.6 Å². The van der Waals surface area contributed by atoms with Crippen LogP contribution in [0.4, 0.5) is 10.5 Å². The van der Waals surface area contributed by atoms with Gasteiger partial charge >= 0.3 is 11.7 Å². The number of nitrogens with one attached hydrogen (secondary N) is 1. The molecule has 2 aromatic carbocycles. The average molecular weight is 465 g/mol. The maximum Gasteiger partial charge on any atom is 0.407 e. The highest BCUT2D eigenvalue weighted by atomic mass is 16.5. The number of hydrogen-bond acceptors (Lipinski definition) is 6. The van der Waals surface area contributed by atoms with E-state index in [1.54, 1.807) is 24.3 Å². The van der Waals surface area contributed by atoms with Gasteiger partial charge in [-0.2, -0.15) is 0 Å². The van der Waals surface area contributed by atoms with Crippen molar-refractivity contribution in [2.75, 3.05) is 24.6 Å². The van der Waals surface area contributed by atoms with Crippen molar-refractivity contribution in [3.05, 3.63) is 75.1 Å². The van der Waals surface area contributed by atoms with Crippen LogP contribution in [0.5, 0.6) is 0 Å². The third kappa shape index (κ3) is 5.84. The second-order valence-electron chi connectivity index (χ2n) is 8.06. The molecule has 34 heavy (non-hydrogen) atoms. The summed E-state index contributed by atoms with van der Waals surface area (Å²) in [6.07, 6.45) is 0.153. The highest BCUT2D eigenvalue weighted by Crippen LogP contribution is 2.25. The lowest BCUT2D eigenvalue weighted by atomic mass is 10.0. The van der Waals surface area contributed by atoms with E-state index < -0.39 is 11.7 Å². The second-order valence-corrected chi connectivity index (χ2v) is 8.06. The van der Waals surface area contributed by atoms with E-state index in [9.17, 15) is 14.4 Å². The predicted octanol–water partition coefficient (Wildman–Crippen LogP) is 5.01. The van der Waals surface area contributed by atoms with Crippen LogP contribution in [0, 0.1) is 6.92 Å². The molecule has 0 aliphatic heterocycles. The van der Waals surface area contributed by atoms with Crippen molar-refractivity contribution in [3.8, 4) is 0 Å². The Bertz CT molecular complexity index is 1210. The van der Waals surface area contributed by atoms with E-state index in [0.29, 0.717) is 23.1 Å². The summed E-state index contributed by atoms with van der Waals surface area (Å²) in [6, 6.07) is 13.0. The molecule has 0 saturated heterocycles. The zero-order chi connectivity index (χ0) is 24.7. The van der Waals surface area contributed by atoms with E-state index >= 15 is 0 Å². The third-order valence-corrected chi connectivity index (χ3v) is 6.02. The Morgan fingerprint density at radius 2 is 1.74 bits per heavy atom. The lowest BCUT2D eigenvalue weighted by Gasteiger charge is -2.21. The van der Waals surface area contributed by atoms with Gasteiger partial charge in [-0.05, 0) is 44.0 Å². The van der Waals surface area contributed by atoms with Crippen molar-refractivity contribution in [3.63, 3.8) is 0 Å². The number of nitrogens with zero attached hydrogens (tertiary/aromatic N) is 1. The summed E-state index contributed by atoms with van der Waals surface area (Å²) in [5, 5.41) is 3.56. The first-order valence-electron chi connectivity index (χ1n) is 11.7. The van der Waals surface area contributed by atoms with Gasteiger partial charge in [-0.25, -0.2) is 9.59 Å². The van der Waals surface area contributed by atoms with Crippen LogP contribution in [0.15, 0.2) is 51.7 Å². The monoisotopic (exact) mass is 464 g/mol. The molecule has 0 aliphatic carbocycles. The first-order valence-corrected chi connectivity index (χ1v) is 11.7. The van der Waals surface area contributed by atoms with Crippen molar-refractivity contribution in [1.82, 2.24) is 5.32 Å². The van der Waals surface area contributed by atoms with E-state index in [1.807, 2.05) is 32.0 Å². The number of fused-ring (bicyclic) bond motifs is 1. The lowest BCUT2D eigenvalue weighted by molar-refractivity contribution is 0.0988. The van der Waals surface area contributed by atoms with Crippen molar-refractivity contribution in [2.24, 2.45) is 0 Å². The van der Waals surface area contributed by atoms with Gasteiger partial charge in [0.15, 0.2) is 5.78 Å². The topological polar surface area (TPSA) is 88.8 Å². The molecule has 1 heterocycles. The minimum Gasteiger partial charge on any atom is -0.449 e. The van der Waals surface area contributed by atoms with Crippen molar-refractivity contribution in [1.29, 1.82) is 0 Å². The van der Waals surface area contributed by atoms with E-state index in [4.69, 9.17) is 9.15 Å². The standard InChI is InChI=1S/C27H32N2O5/c1-5-24(30)20-10-8-19(9-11-20)17-28-27(32)33-15-14-23-18(4)22-13-12-21(29(6-2)7-3)16-25(22)34-26(23)31/h8-13,16H,5-7,14-15,17H2,1-4H3,(H,28,32). The number of hydrogen-bond donors (Lipinski definition) is 1. The van der Waals surface area contributed by atoms with Gasteiger partial charge in [0.25, 0.3) is 0 Å². The van der Waals surface area contributed by atoms with Gasteiger partial charge in [-0.3, -0.25) is 4.79 Å². The molecule has 0 unspecified atom stereocenters. The molecule has 0 radical (unpaired) electrons. The summed E-state index contributed by atoms with van der Waals surface area (Å²) < 4.78 is 10.8. The number of Topliss-reactive ketones (excluding diaryl/α,β-unsaturated/α-hetero) is 1. The first-order chi connectivity index (χ1) is 16.4. The van der Waals surface area contributed by atoms with Crippen LogP contribution >= 0.6 is 0 Å². The molecule has 0 spiro atoms. The highest BCUT2D eigenvalue weighted by Gasteiger charge is 2.14. The first kappa shape index (κ1) is 25.0. The Kier molecular flexibility index (Phi) is 8.46. The normalized spacial score (nSPS) is 10.8. The summed E-state index contributed by atoms with van der Waals surface area (Å²) in [5.74, 6) is 0.0803. The number of ketones is 1. The van der Waals surface area contributed by atoms with E-state index in [1.165, 1.54) is 0 Å². The fourth-order valence-electron chi connectivity index (χ4n) is 3.94. The Hall–Kier alpha value is -3.61. The second kappa shape index (κ2) is 11.5. The Morgan fingerprint density at radius 3 is 2.38 bits per heavy atom. The highest BCUT2D eigenvalue weighted by molar-refractivity contribution is 5.95. The predicted molar refractivity (Wildman–Crippen MR) is 134 cm³/mol. The van der Waals surface area contributed by atoms with Gasteiger partial charge in [-0.1, -0.05) is 31.2 Å². The molecule has 0 aliphatic rings. The minimum atomic E-state index is -0.569. The molecule has 1 N–H and O–H groups in total. The summed E-state index contributed by atoms with van der Waals surface area (Å²) in [6.45, 7) is 9.95. The molecular formula is C27H32N2O5. The average Bonchev–Trinajstić information content (AvgIpc) is 2.85. The maximum atomic E-state index is 12.6. The number of ether oxygens (including phenoxy) is 1. The summed E-state index contributed by atoms with van der Waals surface area (Å²) in [5.41, 5.74) is 4.02. The van der Waals surface area contributed by atoms with Crippen LogP contribution in [-0.2, 0) is 17.7 Å². The molecule has 3 aromatic rings. The Morgan fingerprint density at radius 1 is 1.03 bits per heavy atom. The molecule has 180 valence electrons. The number of aryl methyl sites for hydroxylation is 1. The molecule has 0 atom stereocenters. The zero-order valence-electron chi connectivity index (χ0n) is 20.3. The Balaban J connectivity index is 1.58. The van der Waals surface area contributed by atoms with Crippen LogP contribution in [0.1, 0.15) is 54.2 Å². The fourth-order valence-corrected chi connectivity index (χ4v) is 3.94. The van der Waals surface area contributed by atoms with Crippen molar-refractivity contribution >= 4 is 28.5 Å². The SMILES string of the molecule is CCC(=O)c1ccc(CNC(=O)OCCc2c(C)c3ccc(N(CC)CC)cc3oc2=O)cc1. The van der Waals surface area contributed by atoms with Gasteiger partial charge in [0.1, 0.15) is 5.58 Å². The number of rotatable bonds is 10. The number of amides is 1. The molecular weight excluding hydrogens is 432 g/mol. The number of carbonyl (C=O) groups excluding carboxylic acids is 2. The van der Waals surface area contributed by atoms with Gasteiger partial charge in [0, 0.05) is 60.7 Å². The lowest BCUT2D eigenvalue weighted by Crippen LogP contribution is -2.25. The zero-order valence-corrected chi connectivity index (χ0v) is 20.3. The third-order valence-electron chi connectivity index (χ3n) is 6.02. The van der Waals surface area contributed by atoms with Gasteiger partial charge < -0.3 is 19.4 Å². The molecule has 1 aromatic heterocycles. The van der Waals surface area contributed by atoms with Gasteiger partial charge in [0.05, 0.1) is 6.61 Å². The molecule has 3 rings (SSSR count). The molecule has 0 bridgehead atoms. The minimum absolute atomic E-state index is 0.0599.